The summed E-state index contributed by atoms with van der Waals surface area (Å²) >= 11 is 0. The molecule has 4 rings (SSSR count). The first-order valence-electron chi connectivity index (χ1n) is 7.62. The molecule has 114 valence electrons. The fraction of sp³-hybridized carbons (Fsp3) is 0.176. The number of hydrogen-bond donors (Lipinski definition) is 1. The van der Waals surface area contributed by atoms with Crippen molar-refractivity contribution in [2.75, 3.05) is 5.32 Å². The topological polar surface area (TPSA) is 68.0 Å². The minimum atomic E-state index is 0.665. The zero-order chi connectivity index (χ0) is 15.6. The molecule has 0 aliphatic rings. The van der Waals surface area contributed by atoms with Gasteiger partial charge in [0.25, 0.3) is 0 Å². The van der Waals surface area contributed by atoms with Gasteiger partial charge in [-0.05, 0) is 29.8 Å². The number of rotatable bonds is 4. The van der Waals surface area contributed by atoms with Crippen LogP contribution in [0, 0.1) is 0 Å². The molecule has 0 radical (unpaired) electrons. The van der Waals surface area contributed by atoms with E-state index in [1.54, 1.807) is 12.4 Å². The summed E-state index contributed by atoms with van der Waals surface area (Å²) in [6.07, 6.45) is 4.39. The third-order valence-corrected chi connectivity index (χ3v) is 3.82. The van der Waals surface area contributed by atoms with Crippen molar-refractivity contribution in [1.29, 1.82) is 0 Å². The molecule has 23 heavy (non-hydrogen) atoms. The molecule has 1 N–H and O–H groups in total. The standard InChI is InChI=1S/C17H16N6/c1-2-15-21-22-17-16(19-11-12-7-9-18-10-8-12)20-13-5-3-4-6-14(13)23(15)17/h3-10H,2,11H2,1H3,(H,19,20). The van der Waals surface area contributed by atoms with Crippen molar-refractivity contribution in [1.82, 2.24) is 24.6 Å². The van der Waals surface area contributed by atoms with Crippen LogP contribution in [-0.4, -0.2) is 24.6 Å². The largest absolute Gasteiger partial charge is 0.363 e. The van der Waals surface area contributed by atoms with Gasteiger partial charge in [-0.25, -0.2) is 4.98 Å². The predicted octanol–water partition coefficient (Wildman–Crippen LogP) is 2.85. The molecule has 0 saturated carbocycles. The van der Waals surface area contributed by atoms with Crippen LogP contribution in [0.1, 0.15) is 18.3 Å². The summed E-state index contributed by atoms with van der Waals surface area (Å²) in [7, 11) is 0. The van der Waals surface area contributed by atoms with E-state index in [9.17, 15) is 0 Å². The van der Waals surface area contributed by atoms with Crippen LogP contribution in [-0.2, 0) is 13.0 Å². The summed E-state index contributed by atoms with van der Waals surface area (Å²) < 4.78 is 2.08. The van der Waals surface area contributed by atoms with Crippen LogP contribution in [0.25, 0.3) is 16.7 Å². The van der Waals surface area contributed by atoms with Gasteiger partial charge in [0.2, 0.25) is 5.65 Å². The number of anilines is 1. The molecule has 4 aromatic rings. The lowest BCUT2D eigenvalue weighted by Crippen LogP contribution is -2.05. The van der Waals surface area contributed by atoms with E-state index in [0.717, 1.165) is 40.3 Å². The number of aryl methyl sites for hydroxylation is 1. The Kier molecular flexibility index (Phi) is 3.34. The van der Waals surface area contributed by atoms with E-state index in [0.29, 0.717) is 6.54 Å². The lowest BCUT2D eigenvalue weighted by molar-refractivity contribution is 0.921. The van der Waals surface area contributed by atoms with E-state index in [2.05, 4.69) is 31.8 Å². The maximum atomic E-state index is 4.72. The molecule has 0 fully saturated rings. The van der Waals surface area contributed by atoms with Crippen molar-refractivity contribution in [3.05, 3.63) is 60.2 Å². The first kappa shape index (κ1) is 13.6. The van der Waals surface area contributed by atoms with Crippen molar-refractivity contribution >= 4 is 22.5 Å². The summed E-state index contributed by atoms with van der Waals surface area (Å²) in [4.78, 5) is 8.75. The lowest BCUT2D eigenvalue weighted by Gasteiger charge is -2.10. The highest BCUT2D eigenvalue weighted by Gasteiger charge is 2.13. The average molecular weight is 304 g/mol. The second-order valence-electron chi connectivity index (χ2n) is 5.29. The number of nitrogens with zero attached hydrogens (tertiary/aromatic N) is 5. The van der Waals surface area contributed by atoms with E-state index in [1.807, 2.05) is 36.4 Å². The van der Waals surface area contributed by atoms with Gasteiger partial charge < -0.3 is 5.32 Å². The minimum absolute atomic E-state index is 0.665. The van der Waals surface area contributed by atoms with Gasteiger partial charge in [0.05, 0.1) is 11.0 Å². The Hall–Kier alpha value is -3.02. The van der Waals surface area contributed by atoms with E-state index in [1.165, 1.54) is 0 Å². The number of aromatic nitrogens is 5. The van der Waals surface area contributed by atoms with Gasteiger partial charge >= 0.3 is 0 Å². The van der Waals surface area contributed by atoms with Gasteiger partial charge in [-0.15, -0.1) is 10.2 Å². The number of para-hydroxylation sites is 2. The van der Waals surface area contributed by atoms with Crippen LogP contribution in [0.4, 0.5) is 5.82 Å². The Morgan fingerprint density at radius 1 is 1.04 bits per heavy atom. The summed E-state index contributed by atoms with van der Waals surface area (Å²) in [5, 5.41) is 12.0. The summed E-state index contributed by atoms with van der Waals surface area (Å²) in [6, 6.07) is 12.0. The second-order valence-corrected chi connectivity index (χ2v) is 5.29. The average Bonchev–Trinajstić information content (AvgIpc) is 3.05. The Morgan fingerprint density at radius 2 is 1.87 bits per heavy atom. The van der Waals surface area contributed by atoms with Gasteiger partial charge in [-0.3, -0.25) is 9.38 Å². The molecule has 0 amide bonds. The number of nitrogens with one attached hydrogen (secondary N) is 1. The normalized spacial score (nSPS) is 11.2. The van der Waals surface area contributed by atoms with E-state index in [4.69, 9.17) is 4.98 Å². The zero-order valence-corrected chi connectivity index (χ0v) is 12.8. The summed E-state index contributed by atoms with van der Waals surface area (Å²) in [5.41, 5.74) is 3.85. The predicted molar refractivity (Wildman–Crippen MR) is 89.2 cm³/mol. The second kappa shape index (κ2) is 5.64. The molecular formula is C17H16N6. The molecule has 0 spiro atoms. The van der Waals surface area contributed by atoms with Crippen LogP contribution in [0.5, 0.6) is 0 Å². The molecule has 0 unspecified atom stereocenters. The Balaban J connectivity index is 1.83. The van der Waals surface area contributed by atoms with Crippen LogP contribution >= 0.6 is 0 Å². The molecule has 0 atom stereocenters. The van der Waals surface area contributed by atoms with Crippen molar-refractivity contribution in [3.63, 3.8) is 0 Å². The van der Waals surface area contributed by atoms with Crippen molar-refractivity contribution < 1.29 is 0 Å². The van der Waals surface area contributed by atoms with Crippen molar-refractivity contribution in [2.45, 2.75) is 19.9 Å². The molecule has 1 aromatic carbocycles. The molecule has 0 aliphatic carbocycles. The fourth-order valence-corrected chi connectivity index (χ4v) is 2.68. The van der Waals surface area contributed by atoms with E-state index < -0.39 is 0 Å². The van der Waals surface area contributed by atoms with Crippen molar-refractivity contribution in [2.24, 2.45) is 0 Å². The third-order valence-electron chi connectivity index (χ3n) is 3.82. The van der Waals surface area contributed by atoms with Crippen molar-refractivity contribution in [3.8, 4) is 0 Å². The molecular weight excluding hydrogens is 288 g/mol. The molecule has 6 heteroatoms. The van der Waals surface area contributed by atoms with Crippen LogP contribution in [0.15, 0.2) is 48.8 Å². The first-order chi connectivity index (χ1) is 11.4. The fourth-order valence-electron chi connectivity index (χ4n) is 2.68. The summed E-state index contributed by atoms with van der Waals surface area (Å²) in [5.74, 6) is 1.68. The van der Waals surface area contributed by atoms with E-state index in [-0.39, 0.29) is 0 Å². The maximum Gasteiger partial charge on any atom is 0.204 e. The van der Waals surface area contributed by atoms with Gasteiger partial charge in [0, 0.05) is 25.4 Å². The quantitative estimate of drug-likeness (QED) is 0.628. The number of hydrogen-bond acceptors (Lipinski definition) is 5. The van der Waals surface area contributed by atoms with Gasteiger partial charge in [-0.1, -0.05) is 19.1 Å². The van der Waals surface area contributed by atoms with Gasteiger partial charge in [0.15, 0.2) is 5.82 Å². The lowest BCUT2D eigenvalue weighted by atomic mass is 10.2. The first-order valence-corrected chi connectivity index (χ1v) is 7.62. The molecule has 3 heterocycles. The molecule has 6 nitrogen and oxygen atoms in total. The highest BCUT2D eigenvalue weighted by molar-refractivity contribution is 5.82. The Bertz CT molecular complexity index is 961. The van der Waals surface area contributed by atoms with Crippen LogP contribution in [0.3, 0.4) is 0 Å². The SMILES string of the molecule is CCc1nnc2c(NCc3ccncc3)nc3ccccc3n12. The smallest absolute Gasteiger partial charge is 0.204 e. The van der Waals surface area contributed by atoms with Crippen LogP contribution in [0.2, 0.25) is 0 Å². The Morgan fingerprint density at radius 3 is 2.70 bits per heavy atom. The maximum absolute atomic E-state index is 4.72. The highest BCUT2D eigenvalue weighted by atomic mass is 15.3. The van der Waals surface area contributed by atoms with Gasteiger partial charge in [0.1, 0.15) is 5.82 Å². The molecule has 3 aromatic heterocycles. The molecule has 0 bridgehead atoms. The molecule has 0 saturated heterocycles. The Labute approximate surface area is 133 Å². The summed E-state index contributed by atoms with van der Waals surface area (Å²) in [6.45, 7) is 2.74. The zero-order valence-electron chi connectivity index (χ0n) is 12.8. The third kappa shape index (κ3) is 2.38. The van der Waals surface area contributed by atoms with E-state index >= 15 is 0 Å². The number of pyridine rings is 1. The number of benzene rings is 1. The minimum Gasteiger partial charge on any atom is -0.363 e. The monoisotopic (exact) mass is 304 g/mol. The molecule has 0 aliphatic heterocycles. The van der Waals surface area contributed by atoms with Crippen LogP contribution < -0.4 is 5.32 Å². The van der Waals surface area contributed by atoms with Gasteiger partial charge in [-0.2, -0.15) is 0 Å². The highest BCUT2D eigenvalue weighted by Crippen LogP contribution is 2.22. The number of fused-ring (bicyclic) bond motifs is 3.